The molecule has 0 radical (unpaired) electrons. The minimum Gasteiger partial charge on any atom is -0.465 e. The maximum atomic E-state index is 11.2. The molecule has 0 aliphatic carbocycles. The molecule has 0 aromatic carbocycles. The van der Waals surface area contributed by atoms with Gasteiger partial charge in [0.05, 0.1) is 11.9 Å². The summed E-state index contributed by atoms with van der Waals surface area (Å²) in [6.45, 7) is 6.15. The molecule has 2 N–H and O–H groups in total. The Labute approximate surface area is 84.4 Å². The number of rotatable bonds is 6. The van der Waals surface area contributed by atoms with Gasteiger partial charge in [0.2, 0.25) is 0 Å². The Morgan fingerprint density at radius 3 is 2.62 bits per heavy atom. The number of carbonyl (C=O) groups excluding carboxylic acids is 1. The molecule has 0 aromatic rings. The van der Waals surface area contributed by atoms with Gasteiger partial charge in [-0.25, -0.2) is 0 Å². The highest BCUT2D eigenvalue weighted by atomic mass is 32.2. The minimum atomic E-state index is -0.143. The zero-order valence-electron chi connectivity index (χ0n) is 8.58. The van der Waals surface area contributed by atoms with Crippen molar-refractivity contribution in [2.24, 2.45) is 5.73 Å². The zero-order chi connectivity index (χ0) is 10.3. The molecule has 4 heteroatoms. The van der Waals surface area contributed by atoms with Crippen LogP contribution in [-0.4, -0.2) is 29.6 Å². The molecular weight excluding hydrogens is 186 g/mol. The Balaban J connectivity index is 3.60. The van der Waals surface area contributed by atoms with Gasteiger partial charge < -0.3 is 10.5 Å². The fourth-order valence-corrected chi connectivity index (χ4v) is 1.69. The second-order valence-electron chi connectivity index (χ2n) is 2.90. The molecule has 2 atom stereocenters. The van der Waals surface area contributed by atoms with Crippen LogP contribution in [0.1, 0.15) is 27.2 Å². The molecule has 3 nitrogen and oxygen atoms in total. The van der Waals surface area contributed by atoms with Crippen LogP contribution < -0.4 is 5.73 Å². The molecule has 78 valence electrons. The molecule has 0 heterocycles. The van der Waals surface area contributed by atoms with Gasteiger partial charge in [0.15, 0.2) is 0 Å². The summed E-state index contributed by atoms with van der Waals surface area (Å²) in [7, 11) is 0. The van der Waals surface area contributed by atoms with E-state index in [0.29, 0.717) is 6.61 Å². The van der Waals surface area contributed by atoms with Crippen LogP contribution in [0, 0.1) is 0 Å². The van der Waals surface area contributed by atoms with Gasteiger partial charge in [0, 0.05) is 11.8 Å². The van der Waals surface area contributed by atoms with Crippen molar-refractivity contribution in [2.75, 3.05) is 12.4 Å². The lowest BCUT2D eigenvalue weighted by Crippen LogP contribution is -2.25. The van der Waals surface area contributed by atoms with Crippen molar-refractivity contribution in [1.29, 1.82) is 0 Å². The highest BCUT2D eigenvalue weighted by Gasteiger charge is 2.14. The maximum absolute atomic E-state index is 11.2. The Hall–Kier alpha value is -0.220. The van der Waals surface area contributed by atoms with E-state index in [4.69, 9.17) is 10.5 Å². The van der Waals surface area contributed by atoms with Gasteiger partial charge in [-0.05, 0) is 20.3 Å². The van der Waals surface area contributed by atoms with E-state index in [9.17, 15) is 4.79 Å². The third-order valence-corrected chi connectivity index (χ3v) is 3.02. The molecule has 0 rings (SSSR count). The second kappa shape index (κ2) is 7.21. The fraction of sp³-hybridized carbons (Fsp3) is 0.889. The van der Waals surface area contributed by atoms with Crippen molar-refractivity contribution in [3.05, 3.63) is 0 Å². The average molecular weight is 205 g/mol. The van der Waals surface area contributed by atoms with Crippen LogP contribution in [0.25, 0.3) is 0 Å². The molecule has 0 aromatic heterocycles. The summed E-state index contributed by atoms with van der Waals surface area (Å²) in [6.07, 6.45) is 0.947. The van der Waals surface area contributed by atoms with Crippen molar-refractivity contribution < 1.29 is 9.53 Å². The first-order chi connectivity index (χ1) is 6.11. The molecule has 0 spiro atoms. The van der Waals surface area contributed by atoms with Crippen LogP contribution in [-0.2, 0) is 9.53 Å². The Kier molecular flexibility index (Phi) is 7.09. The quantitative estimate of drug-likeness (QED) is 0.666. The predicted octanol–water partition coefficient (Wildman–Crippen LogP) is 1.41. The highest BCUT2D eigenvalue weighted by Crippen LogP contribution is 2.13. The molecule has 0 saturated heterocycles. The third-order valence-electron chi connectivity index (χ3n) is 1.70. The lowest BCUT2D eigenvalue weighted by molar-refractivity contribution is -0.142. The summed E-state index contributed by atoms with van der Waals surface area (Å²) < 4.78 is 4.87. The van der Waals surface area contributed by atoms with E-state index in [1.807, 2.05) is 20.8 Å². The minimum absolute atomic E-state index is 0.0995. The molecular formula is C9H19NO2S. The Morgan fingerprint density at radius 2 is 2.15 bits per heavy atom. The van der Waals surface area contributed by atoms with Crippen molar-refractivity contribution in [3.8, 4) is 0 Å². The predicted molar refractivity (Wildman–Crippen MR) is 56.8 cm³/mol. The number of carbonyl (C=O) groups is 1. The van der Waals surface area contributed by atoms with Crippen molar-refractivity contribution in [3.63, 3.8) is 0 Å². The summed E-state index contributed by atoms with van der Waals surface area (Å²) in [4.78, 5) is 11.2. The van der Waals surface area contributed by atoms with Gasteiger partial charge in [0.25, 0.3) is 0 Å². The number of thioether (sulfide) groups is 1. The van der Waals surface area contributed by atoms with E-state index >= 15 is 0 Å². The zero-order valence-corrected chi connectivity index (χ0v) is 9.39. The maximum Gasteiger partial charge on any atom is 0.318 e. The van der Waals surface area contributed by atoms with Crippen molar-refractivity contribution in [1.82, 2.24) is 0 Å². The van der Waals surface area contributed by atoms with Crippen LogP contribution in [0.15, 0.2) is 0 Å². The van der Waals surface area contributed by atoms with Crippen LogP contribution in [0.2, 0.25) is 0 Å². The molecule has 2 unspecified atom stereocenters. The van der Waals surface area contributed by atoms with Gasteiger partial charge in [-0.3, -0.25) is 4.79 Å². The highest BCUT2D eigenvalue weighted by molar-refractivity contribution is 8.00. The molecule has 13 heavy (non-hydrogen) atoms. The summed E-state index contributed by atoms with van der Waals surface area (Å²) in [5, 5.41) is -0.0995. The number of hydrogen-bond acceptors (Lipinski definition) is 4. The fourth-order valence-electron chi connectivity index (χ4n) is 0.713. The molecule has 0 aliphatic rings. The smallest absolute Gasteiger partial charge is 0.318 e. The van der Waals surface area contributed by atoms with Crippen LogP contribution in [0.4, 0.5) is 0 Å². The van der Waals surface area contributed by atoms with E-state index in [2.05, 4.69) is 0 Å². The first kappa shape index (κ1) is 12.8. The first-order valence-electron chi connectivity index (χ1n) is 4.65. The van der Waals surface area contributed by atoms with E-state index in [1.54, 1.807) is 11.8 Å². The summed E-state index contributed by atoms with van der Waals surface area (Å²) in [5.74, 6) is 0.673. The normalized spacial score (nSPS) is 15.1. The average Bonchev–Trinajstić information content (AvgIpc) is 2.13. The number of nitrogens with two attached hydrogens (primary N) is 1. The van der Waals surface area contributed by atoms with Gasteiger partial charge >= 0.3 is 5.97 Å². The molecule has 0 aliphatic heterocycles. The van der Waals surface area contributed by atoms with E-state index in [1.165, 1.54) is 0 Å². The van der Waals surface area contributed by atoms with Crippen LogP contribution in [0.5, 0.6) is 0 Å². The monoisotopic (exact) mass is 205 g/mol. The molecule has 0 bridgehead atoms. The van der Waals surface area contributed by atoms with E-state index < -0.39 is 0 Å². The first-order valence-corrected chi connectivity index (χ1v) is 5.70. The van der Waals surface area contributed by atoms with E-state index in [0.717, 1.165) is 12.2 Å². The summed E-state index contributed by atoms with van der Waals surface area (Å²) >= 11 is 1.56. The van der Waals surface area contributed by atoms with Gasteiger partial charge in [0.1, 0.15) is 0 Å². The third kappa shape index (κ3) is 5.93. The molecule has 0 fully saturated rings. The van der Waals surface area contributed by atoms with Crippen LogP contribution >= 0.6 is 11.8 Å². The standard InChI is InChI=1S/C9H19NO2S/c1-4-8(10)6-13-7(3)9(11)12-5-2/h7-8H,4-6,10H2,1-3H3. The second-order valence-corrected chi connectivity index (χ2v) is 4.27. The molecule has 0 saturated carbocycles. The van der Waals surface area contributed by atoms with Gasteiger partial charge in [-0.15, -0.1) is 11.8 Å². The van der Waals surface area contributed by atoms with Gasteiger partial charge in [-0.2, -0.15) is 0 Å². The summed E-state index contributed by atoms with van der Waals surface area (Å²) in [5.41, 5.74) is 5.72. The Morgan fingerprint density at radius 1 is 1.54 bits per heavy atom. The van der Waals surface area contributed by atoms with E-state index in [-0.39, 0.29) is 17.3 Å². The van der Waals surface area contributed by atoms with Gasteiger partial charge in [-0.1, -0.05) is 6.92 Å². The summed E-state index contributed by atoms with van der Waals surface area (Å²) in [6, 6.07) is 0.182. The number of ether oxygens (including phenoxy) is 1. The molecule has 0 amide bonds. The lowest BCUT2D eigenvalue weighted by Gasteiger charge is -2.12. The number of esters is 1. The van der Waals surface area contributed by atoms with Crippen molar-refractivity contribution >= 4 is 17.7 Å². The largest absolute Gasteiger partial charge is 0.465 e. The van der Waals surface area contributed by atoms with Crippen molar-refractivity contribution in [2.45, 2.75) is 38.5 Å². The van der Waals surface area contributed by atoms with Crippen LogP contribution in [0.3, 0.4) is 0 Å². The SMILES string of the molecule is CCOC(=O)C(C)SCC(N)CC. The lowest BCUT2D eigenvalue weighted by atomic mass is 10.3. The Bertz CT molecular complexity index is 153. The topological polar surface area (TPSA) is 52.3 Å². The number of hydrogen-bond donors (Lipinski definition) is 1.